The molecule has 0 fully saturated rings. The maximum Gasteiger partial charge on any atom is 0.167 e. The lowest BCUT2D eigenvalue weighted by molar-refractivity contribution is 0.0992. The third kappa shape index (κ3) is 3.22. The topological polar surface area (TPSA) is 26.3 Å². The number of carbonyl (C=O) groups excluding carboxylic acids is 1. The summed E-state index contributed by atoms with van der Waals surface area (Å²) in [6, 6.07) is 15.3. The molecule has 0 amide bonds. The molecule has 2 nitrogen and oxygen atoms in total. The molecular weight excluding hydrogens is 236 g/mol. The maximum atomic E-state index is 12.2. The summed E-state index contributed by atoms with van der Waals surface area (Å²) < 4.78 is 5.23. The molecular formula is C17H18O2. The van der Waals surface area contributed by atoms with Gasteiger partial charge in [-0.05, 0) is 29.7 Å². The Hall–Kier alpha value is -2.09. The van der Waals surface area contributed by atoms with Gasteiger partial charge in [-0.2, -0.15) is 0 Å². The van der Waals surface area contributed by atoms with Crippen molar-refractivity contribution in [3.8, 4) is 5.75 Å². The minimum absolute atomic E-state index is 0.142. The van der Waals surface area contributed by atoms with Crippen LogP contribution in [-0.2, 0) is 12.8 Å². The highest BCUT2D eigenvalue weighted by Crippen LogP contribution is 2.20. The summed E-state index contributed by atoms with van der Waals surface area (Å²) in [5.41, 5.74) is 3.01. The first-order chi connectivity index (χ1) is 9.24. The second-order valence-electron chi connectivity index (χ2n) is 4.45. The lowest BCUT2D eigenvalue weighted by Gasteiger charge is -2.09. The number of rotatable bonds is 5. The summed E-state index contributed by atoms with van der Waals surface area (Å²) in [7, 11) is 1.64. The first-order valence-corrected chi connectivity index (χ1v) is 6.48. The van der Waals surface area contributed by atoms with Crippen molar-refractivity contribution in [3.63, 3.8) is 0 Å². The normalized spacial score (nSPS) is 10.2. The zero-order valence-electron chi connectivity index (χ0n) is 11.3. The van der Waals surface area contributed by atoms with Crippen molar-refractivity contribution in [1.29, 1.82) is 0 Å². The van der Waals surface area contributed by atoms with Crippen LogP contribution in [-0.4, -0.2) is 12.9 Å². The van der Waals surface area contributed by atoms with Crippen LogP contribution in [0, 0.1) is 0 Å². The molecule has 0 radical (unpaired) electrons. The van der Waals surface area contributed by atoms with Crippen molar-refractivity contribution in [2.75, 3.05) is 7.11 Å². The van der Waals surface area contributed by atoms with Crippen molar-refractivity contribution in [3.05, 3.63) is 65.2 Å². The number of ketones is 1. The van der Waals surface area contributed by atoms with Gasteiger partial charge >= 0.3 is 0 Å². The Morgan fingerprint density at radius 2 is 1.79 bits per heavy atom. The van der Waals surface area contributed by atoms with Gasteiger partial charge in [-0.1, -0.05) is 43.3 Å². The largest absolute Gasteiger partial charge is 0.497 e. The summed E-state index contributed by atoms with van der Waals surface area (Å²) in [6.07, 6.45) is 1.34. The van der Waals surface area contributed by atoms with Crippen LogP contribution in [0.5, 0.6) is 5.75 Å². The quantitative estimate of drug-likeness (QED) is 0.761. The van der Waals surface area contributed by atoms with Crippen LogP contribution in [0.4, 0.5) is 0 Å². The van der Waals surface area contributed by atoms with Crippen molar-refractivity contribution in [2.45, 2.75) is 19.8 Å². The monoisotopic (exact) mass is 254 g/mol. The number of hydrogen-bond acceptors (Lipinski definition) is 2. The molecule has 2 rings (SSSR count). The Morgan fingerprint density at radius 1 is 1.05 bits per heavy atom. The molecule has 0 aliphatic heterocycles. The molecule has 0 aromatic heterocycles. The fraction of sp³-hybridized carbons (Fsp3) is 0.235. The highest BCUT2D eigenvalue weighted by molar-refractivity contribution is 5.97. The highest BCUT2D eigenvalue weighted by Gasteiger charge is 2.10. The fourth-order valence-corrected chi connectivity index (χ4v) is 2.14. The van der Waals surface area contributed by atoms with Crippen LogP contribution < -0.4 is 4.74 Å². The molecule has 0 saturated carbocycles. The second kappa shape index (κ2) is 6.19. The molecule has 0 heterocycles. The minimum atomic E-state index is 0.142. The average Bonchev–Trinajstić information content (AvgIpc) is 2.48. The van der Waals surface area contributed by atoms with Crippen molar-refractivity contribution in [1.82, 2.24) is 0 Å². The van der Waals surface area contributed by atoms with E-state index in [1.807, 2.05) is 48.5 Å². The van der Waals surface area contributed by atoms with Crippen LogP contribution in [0.3, 0.4) is 0 Å². The van der Waals surface area contributed by atoms with Crippen molar-refractivity contribution in [2.24, 2.45) is 0 Å². The van der Waals surface area contributed by atoms with Gasteiger partial charge < -0.3 is 4.74 Å². The first-order valence-electron chi connectivity index (χ1n) is 6.48. The van der Waals surface area contributed by atoms with Gasteiger partial charge in [0.1, 0.15) is 5.75 Å². The highest BCUT2D eigenvalue weighted by atomic mass is 16.5. The summed E-state index contributed by atoms with van der Waals surface area (Å²) >= 11 is 0. The molecule has 0 aliphatic carbocycles. The first kappa shape index (κ1) is 13.3. The number of ether oxygens (including phenoxy) is 1. The van der Waals surface area contributed by atoms with E-state index in [1.165, 1.54) is 5.56 Å². The van der Waals surface area contributed by atoms with E-state index in [0.717, 1.165) is 23.3 Å². The molecule has 98 valence electrons. The Morgan fingerprint density at radius 3 is 2.42 bits per heavy atom. The summed E-state index contributed by atoms with van der Waals surface area (Å²) in [4.78, 5) is 12.2. The predicted molar refractivity (Wildman–Crippen MR) is 76.8 cm³/mol. The molecule has 0 spiro atoms. The van der Waals surface area contributed by atoms with E-state index >= 15 is 0 Å². The van der Waals surface area contributed by atoms with Gasteiger partial charge in [-0.3, -0.25) is 4.79 Å². The molecule has 2 aromatic rings. The molecule has 0 unspecified atom stereocenters. The number of hydrogen-bond donors (Lipinski definition) is 0. The van der Waals surface area contributed by atoms with Gasteiger partial charge in [-0.25, -0.2) is 0 Å². The number of methoxy groups -OCH3 is 1. The standard InChI is InChI=1S/C17H18O2/c1-3-13-9-10-16(19-2)11-15(13)12-17(18)14-7-5-4-6-8-14/h4-11H,3,12H2,1-2H3. The minimum Gasteiger partial charge on any atom is -0.497 e. The predicted octanol–water partition coefficient (Wildman–Crippen LogP) is 3.68. The summed E-state index contributed by atoms with van der Waals surface area (Å²) in [5.74, 6) is 0.941. The molecule has 2 heteroatoms. The van der Waals surface area contributed by atoms with Crippen molar-refractivity contribution >= 4 is 5.78 Å². The Kier molecular flexibility index (Phi) is 4.35. The van der Waals surface area contributed by atoms with Crippen LogP contribution in [0.15, 0.2) is 48.5 Å². The van der Waals surface area contributed by atoms with Crippen LogP contribution in [0.1, 0.15) is 28.4 Å². The van der Waals surface area contributed by atoms with Gasteiger partial charge in [0.2, 0.25) is 0 Å². The van der Waals surface area contributed by atoms with Gasteiger partial charge in [0.05, 0.1) is 7.11 Å². The molecule has 0 saturated heterocycles. The van der Waals surface area contributed by atoms with E-state index < -0.39 is 0 Å². The summed E-state index contributed by atoms with van der Waals surface area (Å²) in [6.45, 7) is 2.10. The van der Waals surface area contributed by atoms with E-state index in [-0.39, 0.29) is 5.78 Å². The smallest absolute Gasteiger partial charge is 0.167 e. The second-order valence-corrected chi connectivity index (χ2v) is 4.45. The average molecular weight is 254 g/mol. The third-order valence-corrected chi connectivity index (χ3v) is 3.24. The zero-order valence-corrected chi connectivity index (χ0v) is 11.3. The molecule has 19 heavy (non-hydrogen) atoms. The lowest BCUT2D eigenvalue weighted by Crippen LogP contribution is -2.06. The lowest BCUT2D eigenvalue weighted by atomic mass is 9.97. The van der Waals surface area contributed by atoms with E-state index in [2.05, 4.69) is 6.92 Å². The number of carbonyl (C=O) groups is 1. The molecule has 2 aromatic carbocycles. The molecule has 0 bridgehead atoms. The van der Waals surface area contributed by atoms with E-state index in [9.17, 15) is 4.79 Å². The maximum absolute atomic E-state index is 12.2. The number of benzene rings is 2. The zero-order chi connectivity index (χ0) is 13.7. The Bertz CT molecular complexity index is 559. The van der Waals surface area contributed by atoms with Crippen molar-refractivity contribution < 1.29 is 9.53 Å². The Balaban J connectivity index is 2.25. The van der Waals surface area contributed by atoms with E-state index in [0.29, 0.717) is 6.42 Å². The molecule has 0 N–H and O–H groups in total. The SMILES string of the molecule is CCc1ccc(OC)cc1CC(=O)c1ccccc1. The van der Waals surface area contributed by atoms with Crippen LogP contribution in [0.2, 0.25) is 0 Å². The fourth-order valence-electron chi connectivity index (χ4n) is 2.14. The summed E-state index contributed by atoms with van der Waals surface area (Å²) in [5, 5.41) is 0. The van der Waals surface area contributed by atoms with Gasteiger partial charge in [0.15, 0.2) is 5.78 Å². The van der Waals surface area contributed by atoms with Crippen LogP contribution >= 0.6 is 0 Å². The van der Waals surface area contributed by atoms with Gasteiger partial charge in [-0.15, -0.1) is 0 Å². The Labute approximate surface area is 114 Å². The van der Waals surface area contributed by atoms with Gasteiger partial charge in [0.25, 0.3) is 0 Å². The molecule has 0 aliphatic rings. The van der Waals surface area contributed by atoms with E-state index in [4.69, 9.17) is 4.74 Å². The number of aryl methyl sites for hydroxylation is 1. The van der Waals surface area contributed by atoms with E-state index in [1.54, 1.807) is 7.11 Å². The van der Waals surface area contributed by atoms with Crippen LogP contribution in [0.25, 0.3) is 0 Å². The number of Topliss-reactive ketones (excluding diaryl/α,β-unsaturated/α-hetero) is 1. The molecule has 0 atom stereocenters. The van der Waals surface area contributed by atoms with Gasteiger partial charge in [0, 0.05) is 12.0 Å². The third-order valence-electron chi connectivity index (χ3n) is 3.24.